The van der Waals surface area contributed by atoms with Gasteiger partial charge in [-0.05, 0) is 38.8 Å². The summed E-state index contributed by atoms with van der Waals surface area (Å²) in [4.78, 5) is 4.61. The van der Waals surface area contributed by atoms with Crippen LogP contribution in [0.3, 0.4) is 0 Å². The summed E-state index contributed by atoms with van der Waals surface area (Å²) in [5.41, 5.74) is 4.88. The van der Waals surface area contributed by atoms with E-state index < -0.39 is 0 Å². The second kappa shape index (κ2) is 5.40. The van der Waals surface area contributed by atoms with Crippen LogP contribution in [0.5, 0.6) is 0 Å². The zero-order chi connectivity index (χ0) is 13.9. The molecule has 0 aliphatic heterocycles. The Morgan fingerprint density at radius 2 is 1.53 bits per heavy atom. The second-order valence-corrected chi connectivity index (χ2v) is 5.88. The third-order valence-corrected chi connectivity index (χ3v) is 2.91. The summed E-state index contributed by atoms with van der Waals surface area (Å²) in [6.07, 6.45) is 1.98. The van der Waals surface area contributed by atoms with Gasteiger partial charge in [0, 0.05) is 11.8 Å². The Hall–Kier alpha value is -1.89. The topological polar surface area (TPSA) is 12.4 Å². The van der Waals surface area contributed by atoms with Crippen molar-refractivity contribution in [2.45, 2.75) is 33.2 Å². The van der Waals surface area contributed by atoms with Gasteiger partial charge in [-0.3, -0.25) is 4.99 Å². The first-order valence-corrected chi connectivity index (χ1v) is 6.67. The Kier molecular flexibility index (Phi) is 3.84. The lowest BCUT2D eigenvalue weighted by atomic mass is 9.99. The van der Waals surface area contributed by atoms with Crippen LogP contribution in [-0.2, 0) is 0 Å². The molecule has 98 valence electrons. The van der Waals surface area contributed by atoms with Crippen molar-refractivity contribution in [3.05, 3.63) is 59.7 Å². The van der Waals surface area contributed by atoms with E-state index in [1.54, 1.807) is 0 Å². The fraction of sp³-hybridized carbons (Fsp3) is 0.278. The van der Waals surface area contributed by atoms with Crippen molar-refractivity contribution >= 4 is 6.21 Å². The van der Waals surface area contributed by atoms with Gasteiger partial charge in [0.2, 0.25) is 0 Å². The van der Waals surface area contributed by atoms with Crippen molar-refractivity contribution < 1.29 is 0 Å². The molecule has 2 rings (SSSR count). The highest BCUT2D eigenvalue weighted by atomic mass is 14.8. The van der Waals surface area contributed by atoms with Gasteiger partial charge in [-0.25, -0.2) is 0 Å². The van der Waals surface area contributed by atoms with Gasteiger partial charge in [-0.1, -0.05) is 54.1 Å². The summed E-state index contributed by atoms with van der Waals surface area (Å²) in [5, 5.41) is 0. The van der Waals surface area contributed by atoms with Crippen molar-refractivity contribution in [3.8, 4) is 11.1 Å². The first-order valence-electron chi connectivity index (χ1n) is 6.67. The molecule has 0 aliphatic carbocycles. The lowest BCUT2D eigenvalue weighted by Crippen LogP contribution is -2.09. The number of aliphatic imine (C=N–C) groups is 1. The molecule has 2 aromatic rings. The molecule has 0 heterocycles. The van der Waals surface area contributed by atoms with Gasteiger partial charge in [0.25, 0.3) is 0 Å². The molecule has 0 saturated carbocycles. The highest BCUT2D eigenvalue weighted by Gasteiger charge is 2.07. The smallest absolute Gasteiger partial charge is 0.0524 e. The zero-order valence-electron chi connectivity index (χ0n) is 12.1. The average Bonchev–Trinajstić information content (AvgIpc) is 2.37. The fourth-order valence-corrected chi connectivity index (χ4v) is 1.87. The molecule has 0 unspecified atom stereocenters. The highest BCUT2D eigenvalue weighted by Crippen LogP contribution is 2.23. The summed E-state index contributed by atoms with van der Waals surface area (Å²) >= 11 is 0. The molecule has 0 saturated heterocycles. The molecule has 0 amide bonds. The molecule has 2 aromatic carbocycles. The van der Waals surface area contributed by atoms with Crippen LogP contribution in [0, 0.1) is 6.92 Å². The van der Waals surface area contributed by atoms with E-state index in [-0.39, 0.29) is 5.54 Å². The highest BCUT2D eigenvalue weighted by molar-refractivity contribution is 5.90. The maximum atomic E-state index is 4.61. The maximum absolute atomic E-state index is 4.61. The summed E-state index contributed by atoms with van der Waals surface area (Å²) < 4.78 is 0. The average molecular weight is 251 g/mol. The quantitative estimate of drug-likeness (QED) is 0.675. The minimum atomic E-state index is -0.0413. The fourth-order valence-electron chi connectivity index (χ4n) is 1.87. The Morgan fingerprint density at radius 1 is 0.895 bits per heavy atom. The normalized spacial score (nSPS) is 12.0. The molecule has 0 atom stereocenters. The Balaban J connectivity index is 2.41. The van der Waals surface area contributed by atoms with Gasteiger partial charge < -0.3 is 0 Å². The van der Waals surface area contributed by atoms with Crippen molar-refractivity contribution in [2.24, 2.45) is 4.99 Å². The third-order valence-electron chi connectivity index (χ3n) is 2.91. The molecule has 0 radical (unpaired) electrons. The lowest BCUT2D eigenvalue weighted by Gasteiger charge is -2.12. The molecule has 0 fully saturated rings. The molecular weight excluding hydrogens is 230 g/mol. The Bertz CT molecular complexity index is 571. The summed E-state index contributed by atoms with van der Waals surface area (Å²) in [7, 11) is 0. The molecule has 0 aliphatic rings. The van der Waals surface area contributed by atoms with Crippen molar-refractivity contribution in [2.75, 3.05) is 0 Å². The summed E-state index contributed by atoms with van der Waals surface area (Å²) in [6.45, 7) is 8.44. The maximum Gasteiger partial charge on any atom is 0.0524 e. The summed E-state index contributed by atoms with van der Waals surface area (Å²) in [6, 6.07) is 17.0. The third kappa shape index (κ3) is 3.78. The number of hydrogen-bond acceptors (Lipinski definition) is 1. The van der Waals surface area contributed by atoms with Crippen LogP contribution < -0.4 is 0 Å². The number of benzene rings is 2. The number of aryl methyl sites for hydroxylation is 1. The molecule has 1 heteroatoms. The van der Waals surface area contributed by atoms with E-state index in [1.807, 2.05) is 6.21 Å². The molecule has 0 aromatic heterocycles. The van der Waals surface area contributed by atoms with E-state index in [0.717, 1.165) is 0 Å². The second-order valence-electron chi connectivity index (χ2n) is 5.88. The minimum Gasteiger partial charge on any atom is -0.287 e. The van der Waals surface area contributed by atoms with Crippen LogP contribution >= 0.6 is 0 Å². The molecule has 0 N–H and O–H groups in total. The monoisotopic (exact) mass is 251 g/mol. The van der Waals surface area contributed by atoms with Crippen LogP contribution in [0.2, 0.25) is 0 Å². The van der Waals surface area contributed by atoms with Gasteiger partial charge >= 0.3 is 0 Å². The first-order chi connectivity index (χ1) is 8.96. The zero-order valence-corrected chi connectivity index (χ0v) is 12.1. The van der Waals surface area contributed by atoms with Gasteiger partial charge in [0.1, 0.15) is 0 Å². The molecular formula is C18H21N. The minimum absolute atomic E-state index is 0.0413. The number of rotatable bonds is 2. The van der Waals surface area contributed by atoms with E-state index in [4.69, 9.17) is 0 Å². The van der Waals surface area contributed by atoms with Crippen LogP contribution in [-0.4, -0.2) is 11.8 Å². The summed E-state index contributed by atoms with van der Waals surface area (Å²) in [5.74, 6) is 0. The lowest BCUT2D eigenvalue weighted by molar-refractivity contribution is 0.587. The standard InChI is InChI=1S/C18H21N/c1-14-9-11-15(12-10-14)17-8-6-5-7-16(17)13-19-18(2,3)4/h5-13H,1-4H3. The van der Waals surface area contributed by atoms with Crippen LogP contribution in [0.4, 0.5) is 0 Å². The predicted octanol–water partition coefficient (Wildman–Crippen LogP) is 4.88. The molecule has 1 nitrogen and oxygen atoms in total. The van der Waals surface area contributed by atoms with Crippen molar-refractivity contribution in [3.63, 3.8) is 0 Å². The van der Waals surface area contributed by atoms with Gasteiger partial charge in [-0.2, -0.15) is 0 Å². The molecule has 19 heavy (non-hydrogen) atoms. The Labute approximate surface area is 116 Å². The van der Waals surface area contributed by atoms with Gasteiger partial charge in [-0.15, -0.1) is 0 Å². The van der Waals surface area contributed by atoms with E-state index in [1.165, 1.54) is 22.3 Å². The van der Waals surface area contributed by atoms with E-state index in [2.05, 4.69) is 81.2 Å². The van der Waals surface area contributed by atoms with E-state index in [9.17, 15) is 0 Å². The van der Waals surface area contributed by atoms with Crippen molar-refractivity contribution in [1.82, 2.24) is 0 Å². The SMILES string of the molecule is Cc1ccc(-c2ccccc2C=NC(C)(C)C)cc1. The predicted molar refractivity (Wildman–Crippen MR) is 84.0 cm³/mol. The largest absolute Gasteiger partial charge is 0.287 e. The van der Waals surface area contributed by atoms with Crippen LogP contribution in [0.1, 0.15) is 31.9 Å². The van der Waals surface area contributed by atoms with E-state index >= 15 is 0 Å². The number of nitrogens with zero attached hydrogens (tertiary/aromatic N) is 1. The molecule has 0 spiro atoms. The van der Waals surface area contributed by atoms with E-state index in [0.29, 0.717) is 0 Å². The number of hydrogen-bond donors (Lipinski definition) is 0. The van der Waals surface area contributed by atoms with Crippen molar-refractivity contribution in [1.29, 1.82) is 0 Å². The first kappa shape index (κ1) is 13.5. The molecule has 0 bridgehead atoms. The van der Waals surface area contributed by atoms with Gasteiger partial charge in [0.15, 0.2) is 0 Å². The van der Waals surface area contributed by atoms with Gasteiger partial charge in [0.05, 0.1) is 5.54 Å². The van der Waals surface area contributed by atoms with Crippen LogP contribution in [0.25, 0.3) is 11.1 Å². The Morgan fingerprint density at radius 3 is 2.16 bits per heavy atom. The van der Waals surface area contributed by atoms with Crippen LogP contribution in [0.15, 0.2) is 53.5 Å².